The van der Waals surface area contributed by atoms with Crippen LogP contribution in [0.3, 0.4) is 0 Å². The predicted molar refractivity (Wildman–Crippen MR) is 65.2 cm³/mol. The van der Waals surface area contributed by atoms with Crippen LogP contribution in [0.25, 0.3) is 0 Å². The minimum atomic E-state index is 0.00505. The summed E-state index contributed by atoms with van der Waals surface area (Å²) >= 11 is 0. The number of hydrogen-bond donors (Lipinski definition) is 1. The summed E-state index contributed by atoms with van der Waals surface area (Å²) in [5.74, 6) is 2.30. The predicted octanol–water partition coefficient (Wildman–Crippen LogP) is 2.18. The highest BCUT2D eigenvalue weighted by molar-refractivity contribution is 5.89. The average Bonchev–Trinajstić information content (AvgIpc) is 2.96. The molecule has 2 unspecified atom stereocenters. The maximum Gasteiger partial charge on any atom is 0.321 e. The van der Waals surface area contributed by atoms with Crippen LogP contribution in [-0.4, -0.2) is 31.1 Å². The standard InChI is InChI=1S/C13H16N2O2/c1-17-12-4-2-3-11(6-12)14-13(16)15-7-9-5-10(9)8-15/h2-4,6,9-10H,5,7-8H2,1H3,(H,14,16). The quantitative estimate of drug-likeness (QED) is 0.849. The third kappa shape index (κ3) is 2.07. The molecule has 1 aromatic rings. The number of rotatable bonds is 2. The molecule has 1 aliphatic carbocycles. The van der Waals surface area contributed by atoms with Gasteiger partial charge in [0.15, 0.2) is 0 Å². The van der Waals surface area contributed by atoms with Gasteiger partial charge in [0.25, 0.3) is 0 Å². The van der Waals surface area contributed by atoms with Crippen LogP contribution in [0.15, 0.2) is 24.3 Å². The van der Waals surface area contributed by atoms with Crippen LogP contribution in [0.5, 0.6) is 5.75 Å². The van der Waals surface area contributed by atoms with E-state index < -0.39 is 0 Å². The van der Waals surface area contributed by atoms with Gasteiger partial charge in [-0.15, -0.1) is 0 Å². The molecular formula is C13H16N2O2. The van der Waals surface area contributed by atoms with Crippen LogP contribution in [-0.2, 0) is 0 Å². The van der Waals surface area contributed by atoms with Crippen molar-refractivity contribution >= 4 is 11.7 Å². The van der Waals surface area contributed by atoms with E-state index in [4.69, 9.17) is 4.74 Å². The van der Waals surface area contributed by atoms with Crippen molar-refractivity contribution in [1.82, 2.24) is 4.90 Å². The van der Waals surface area contributed by atoms with Crippen molar-refractivity contribution in [3.8, 4) is 5.75 Å². The number of carbonyl (C=O) groups is 1. The summed E-state index contributed by atoms with van der Waals surface area (Å²) in [5.41, 5.74) is 0.787. The van der Waals surface area contributed by atoms with E-state index in [1.165, 1.54) is 6.42 Å². The molecule has 1 N–H and O–H groups in total. The van der Waals surface area contributed by atoms with Crippen molar-refractivity contribution in [2.45, 2.75) is 6.42 Å². The second kappa shape index (κ2) is 3.95. The number of anilines is 1. The van der Waals surface area contributed by atoms with Gasteiger partial charge in [-0.2, -0.15) is 0 Å². The van der Waals surface area contributed by atoms with Crippen molar-refractivity contribution in [3.05, 3.63) is 24.3 Å². The minimum Gasteiger partial charge on any atom is -0.497 e. The molecular weight excluding hydrogens is 216 g/mol. The number of carbonyl (C=O) groups excluding carboxylic acids is 1. The molecule has 17 heavy (non-hydrogen) atoms. The van der Waals surface area contributed by atoms with E-state index in [2.05, 4.69) is 5.32 Å². The zero-order chi connectivity index (χ0) is 11.8. The third-order valence-electron chi connectivity index (χ3n) is 3.59. The van der Waals surface area contributed by atoms with Gasteiger partial charge in [-0.25, -0.2) is 4.79 Å². The SMILES string of the molecule is COc1cccc(NC(=O)N2CC3CC3C2)c1. The van der Waals surface area contributed by atoms with Gasteiger partial charge in [-0.3, -0.25) is 0 Å². The van der Waals surface area contributed by atoms with Gasteiger partial charge < -0.3 is 15.0 Å². The van der Waals surface area contributed by atoms with Crippen molar-refractivity contribution in [3.63, 3.8) is 0 Å². The highest BCUT2D eigenvalue weighted by Crippen LogP contribution is 2.44. The van der Waals surface area contributed by atoms with Gasteiger partial charge in [0.1, 0.15) is 5.75 Å². The fourth-order valence-electron chi connectivity index (χ4n) is 2.47. The number of amides is 2. The molecule has 90 valence electrons. The van der Waals surface area contributed by atoms with Crippen molar-refractivity contribution in [2.75, 3.05) is 25.5 Å². The summed E-state index contributed by atoms with van der Waals surface area (Å²) in [4.78, 5) is 13.9. The first-order valence-electron chi connectivity index (χ1n) is 5.96. The van der Waals surface area contributed by atoms with E-state index in [0.717, 1.165) is 36.4 Å². The van der Waals surface area contributed by atoms with E-state index >= 15 is 0 Å². The summed E-state index contributed by atoms with van der Waals surface area (Å²) in [6.45, 7) is 1.83. The molecule has 1 heterocycles. The molecule has 0 radical (unpaired) electrons. The van der Waals surface area contributed by atoms with E-state index in [1.807, 2.05) is 29.2 Å². The Kier molecular flexibility index (Phi) is 2.42. The number of hydrogen-bond acceptors (Lipinski definition) is 2. The maximum absolute atomic E-state index is 12.0. The minimum absolute atomic E-state index is 0.00505. The molecule has 2 amide bonds. The number of urea groups is 1. The van der Waals surface area contributed by atoms with Crippen LogP contribution in [0.2, 0.25) is 0 Å². The Morgan fingerprint density at radius 3 is 2.88 bits per heavy atom. The number of likely N-dealkylation sites (tertiary alicyclic amines) is 1. The lowest BCUT2D eigenvalue weighted by Gasteiger charge is -2.18. The van der Waals surface area contributed by atoms with Gasteiger partial charge in [-0.05, 0) is 30.4 Å². The first-order valence-corrected chi connectivity index (χ1v) is 5.96. The highest BCUT2D eigenvalue weighted by atomic mass is 16.5. The second-order valence-corrected chi connectivity index (χ2v) is 4.82. The van der Waals surface area contributed by atoms with Crippen LogP contribution in [0, 0.1) is 11.8 Å². The normalized spacial score (nSPS) is 25.4. The van der Waals surface area contributed by atoms with E-state index in [1.54, 1.807) is 7.11 Å². The fourth-order valence-corrected chi connectivity index (χ4v) is 2.47. The Morgan fingerprint density at radius 2 is 2.18 bits per heavy atom. The molecule has 2 aliphatic rings. The van der Waals surface area contributed by atoms with Crippen molar-refractivity contribution in [1.29, 1.82) is 0 Å². The van der Waals surface area contributed by atoms with Gasteiger partial charge in [-0.1, -0.05) is 6.07 Å². The van der Waals surface area contributed by atoms with E-state index in [0.29, 0.717) is 0 Å². The van der Waals surface area contributed by atoms with Gasteiger partial charge in [0, 0.05) is 24.8 Å². The van der Waals surface area contributed by atoms with Crippen molar-refractivity contribution in [2.24, 2.45) is 11.8 Å². The molecule has 3 rings (SSSR count). The molecule has 1 aliphatic heterocycles. The number of methoxy groups -OCH3 is 1. The Balaban J connectivity index is 1.63. The molecule has 2 atom stereocenters. The lowest BCUT2D eigenvalue weighted by atomic mass is 10.3. The number of nitrogens with zero attached hydrogens (tertiary/aromatic N) is 1. The number of piperidine rings is 1. The topological polar surface area (TPSA) is 41.6 Å². The zero-order valence-corrected chi connectivity index (χ0v) is 9.85. The van der Waals surface area contributed by atoms with Gasteiger partial charge in [0.2, 0.25) is 0 Å². The lowest BCUT2D eigenvalue weighted by Crippen LogP contribution is -2.34. The summed E-state index contributed by atoms with van der Waals surface area (Å²) in [7, 11) is 1.62. The number of fused-ring (bicyclic) bond motifs is 1. The Morgan fingerprint density at radius 1 is 1.41 bits per heavy atom. The number of ether oxygens (including phenoxy) is 1. The van der Waals surface area contributed by atoms with Crippen molar-refractivity contribution < 1.29 is 9.53 Å². The molecule has 2 fully saturated rings. The molecule has 1 saturated carbocycles. The Hall–Kier alpha value is -1.71. The van der Waals surface area contributed by atoms with Crippen LogP contribution >= 0.6 is 0 Å². The van der Waals surface area contributed by atoms with Gasteiger partial charge >= 0.3 is 6.03 Å². The molecule has 4 heteroatoms. The lowest BCUT2D eigenvalue weighted by molar-refractivity contribution is 0.217. The monoisotopic (exact) mass is 232 g/mol. The molecule has 1 saturated heterocycles. The zero-order valence-electron chi connectivity index (χ0n) is 9.85. The van der Waals surface area contributed by atoms with Crippen LogP contribution in [0.4, 0.5) is 10.5 Å². The maximum atomic E-state index is 12.0. The average molecular weight is 232 g/mol. The number of nitrogens with one attached hydrogen (secondary N) is 1. The highest BCUT2D eigenvalue weighted by Gasteiger charge is 2.46. The van der Waals surface area contributed by atoms with Crippen LogP contribution < -0.4 is 10.1 Å². The molecule has 0 bridgehead atoms. The summed E-state index contributed by atoms with van der Waals surface area (Å²) in [6, 6.07) is 7.44. The third-order valence-corrected chi connectivity index (χ3v) is 3.59. The number of benzene rings is 1. The van der Waals surface area contributed by atoms with E-state index in [9.17, 15) is 4.79 Å². The Bertz CT molecular complexity index is 437. The molecule has 4 nitrogen and oxygen atoms in total. The van der Waals surface area contributed by atoms with E-state index in [-0.39, 0.29) is 6.03 Å². The molecule has 0 aromatic heterocycles. The first-order chi connectivity index (χ1) is 8.26. The van der Waals surface area contributed by atoms with Crippen LogP contribution in [0.1, 0.15) is 6.42 Å². The fraction of sp³-hybridized carbons (Fsp3) is 0.462. The summed E-state index contributed by atoms with van der Waals surface area (Å²) < 4.78 is 5.12. The summed E-state index contributed by atoms with van der Waals surface area (Å²) in [6.07, 6.45) is 1.31. The smallest absolute Gasteiger partial charge is 0.321 e. The second-order valence-electron chi connectivity index (χ2n) is 4.82. The summed E-state index contributed by atoms with van der Waals surface area (Å²) in [5, 5.41) is 2.91. The first kappa shape index (κ1) is 10.4. The van der Waals surface area contributed by atoms with Gasteiger partial charge in [0.05, 0.1) is 7.11 Å². The Labute approximate surface area is 101 Å². The largest absolute Gasteiger partial charge is 0.497 e. The molecule has 0 spiro atoms. The molecule has 1 aromatic carbocycles.